The summed E-state index contributed by atoms with van der Waals surface area (Å²) in [6.45, 7) is 4.41. The lowest BCUT2D eigenvalue weighted by Gasteiger charge is -2.44. The molecule has 0 aliphatic heterocycles. The lowest BCUT2D eigenvalue weighted by Crippen LogP contribution is -2.48. The number of carbonyl (C=O) groups excluding carboxylic acids is 3. The Morgan fingerprint density at radius 1 is 0.850 bits per heavy atom. The lowest BCUT2D eigenvalue weighted by atomic mass is 9.77. The Kier molecular flexibility index (Phi) is 22.5. The number of methoxy groups -OCH3 is 1. The summed E-state index contributed by atoms with van der Waals surface area (Å²) >= 11 is 7.63. The number of rotatable bonds is 19. The fourth-order valence-corrected chi connectivity index (χ4v) is 8.35. The molecule has 3 amide bonds. The van der Waals surface area contributed by atoms with Gasteiger partial charge in [0.25, 0.3) is 0 Å². The van der Waals surface area contributed by atoms with Crippen molar-refractivity contribution in [3.05, 3.63) is 123 Å². The topological polar surface area (TPSA) is 154 Å². The molecule has 13 heteroatoms. The molecule has 326 valence electrons. The molecular weight excluding hydrogens is 798 g/mol. The third kappa shape index (κ3) is 17.8. The highest BCUT2D eigenvalue weighted by molar-refractivity contribution is 7.10. The molecule has 1 aliphatic rings. The van der Waals surface area contributed by atoms with Crippen LogP contribution in [-0.4, -0.2) is 78.9 Å². The predicted octanol–water partition coefficient (Wildman–Crippen LogP) is 8.19. The Labute approximate surface area is 365 Å². The molecule has 0 radical (unpaired) electrons. The molecule has 5 rings (SSSR count). The van der Waals surface area contributed by atoms with Crippen molar-refractivity contribution in [2.75, 3.05) is 34.3 Å². The molecule has 1 fully saturated rings. The van der Waals surface area contributed by atoms with Gasteiger partial charge in [0.2, 0.25) is 17.7 Å². The van der Waals surface area contributed by atoms with Crippen molar-refractivity contribution in [1.29, 1.82) is 0 Å². The first kappa shape index (κ1) is 49.6. The van der Waals surface area contributed by atoms with E-state index < -0.39 is 5.97 Å². The van der Waals surface area contributed by atoms with Crippen molar-refractivity contribution in [1.82, 2.24) is 20.4 Å². The van der Waals surface area contributed by atoms with E-state index in [2.05, 4.69) is 53.2 Å². The first-order chi connectivity index (χ1) is 28.9. The SMILES string of the molecule is CCN(Cc1ccccc1)C(=O)CCCC(=O)NC1CCC(c2cccs2)(N(C)C)CC1.COc1cccc(CCN)c1.O=C(O)CCCC(=O)NCc1cccc(Cl)c1. The quantitative estimate of drug-likeness (QED) is 0.0737. The molecule has 11 nitrogen and oxygen atoms in total. The summed E-state index contributed by atoms with van der Waals surface area (Å²) in [5, 5.41) is 17.1. The van der Waals surface area contributed by atoms with E-state index >= 15 is 0 Å². The second-order valence-corrected chi connectivity index (χ2v) is 16.4. The zero-order valence-electron chi connectivity index (χ0n) is 35.7. The molecule has 0 atom stereocenters. The summed E-state index contributed by atoms with van der Waals surface area (Å²) in [5.41, 5.74) is 8.78. The largest absolute Gasteiger partial charge is 0.497 e. The molecule has 60 heavy (non-hydrogen) atoms. The Hall–Kier alpha value is -4.75. The Morgan fingerprint density at radius 3 is 2.13 bits per heavy atom. The first-order valence-electron chi connectivity index (χ1n) is 20.8. The average Bonchev–Trinajstić information content (AvgIpc) is 3.79. The standard InChI is InChI=1S/C26H37N3O2S.C12H14ClNO3.C9H13NO/c1-4-29(20-21-10-6-5-7-11-21)25(31)14-8-13-24(30)27-22-15-17-26(18-16-22,28(2)3)23-12-9-19-32-23;13-10-4-1-3-9(7-10)8-14-11(15)5-2-6-12(16)17;1-11-9-4-2-3-8(7-9)5-6-10/h5-7,9-12,19,22H,4,8,13-18,20H2,1-3H3,(H,27,30);1,3-4,7H,2,5-6,8H2,(H,14,15)(H,16,17);2-4,7H,5-6,10H2,1H3. The number of carboxylic acid groups (broad SMARTS) is 1. The van der Waals surface area contributed by atoms with Gasteiger partial charge in [0.15, 0.2) is 0 Å². The van der Waals surface area contributed by atoms with Gasteiger partial charge < -0.3 is 31.1 Å². The van der Waals surface area contributed by atoms with E-state index in [1.165, 1.54) is 10.4 Å². The van der Waals surface area contributed by atoms with E-state index in [4.69, 9.17) is 27.2 Å². The van der Waals surface area contributed by atoms with Crippen LogP contribution in [-0.2, 0) is 44.2 Å². The van der Waals surface area contributed by atoms with Gasteiger partial charge in [-0.3, -0.25) is 24.1 Å². The van der Waals surface area contributed by atoms with Crippen LogP contribution in [0.25, 0.3) is 0 Å². The van der Waals surface area contributed by atoms with Crippen LogP contribution in [0, 0.1) is 0 Å². The van der Waals surface area contributed by atoms with Crippen LogP contribution >= 0.6 is 22.9 Å². The molecule has 0 unspecified atom stereocenters. The van der Waals surface area contributed by atoms with E-state index in [0.29, 0.717) is 56.9 Å². The van der Waals surface area contributed by atoms with Gasteiger partial charge in [-0.2, -0.15) is 0 Å². The molecule has 3 aromatic carbocycles. The van der Waals surface area contributed by atoms with Gasteiger partial charge in [0, 0.05) is 61.3 Å². The van der Waals surface area contributed by atoms with E-state index in [1.54, 1.807) is 19.2 Å². The monoisotopic (exact) mass is 861 g/mol. The van der Waals surface area contributed by atoms with Crippen molar-refractivity contribution in [3.8, 4) is 5.75 Å². The van der Waals surface area contributed by atoms with E-state index in [-0.39, 0.29) is 42.1 Å². The molecule has 0 saturated heterocycles. The number of benzene rings is 3. The maximum Gasteiger partial charge on any atom is 0.303 e. The second-order valence-electron chi connectivity index (χ2n) is 15.0. The number of carboxylic acids is 1. The smallest absolute Gasteiger partial charge is 0.303 e. The number of ether oxygens (including phenoxy) is 1. The number of nitrogens with one attached hydrogen (secondary N) is 2. The molecule has 1 aliphatic carbocycles. The number of nitrogens with two attached hydrogens (primary N) is 1. The summed E-state index contributed by atoms with van der Waals surface area (Å²) in [7, 11) is 5.99. The molecular formula is C47H64ClN5O6S. The minimum atomic E-state index is -0.882. The minimum Gasteiger partial charge on any atom is -0.497 e. The number of amides is 3. The van der Waals surface area contributed by atoms with Crippen molar-refractivity contribution < 1.29 is 29.0 Å². The second kappa shape index (κ2) is 27.2. The van der Waals surface area contributed by atoms with Gasteiger partial charge in [-0.15, -0.1) is 11.3 Å². The number of thiophene rings is 1. The van der Waals surface area contributed by atoms with Crippen LogP contribution < -0.4 is 21.1 Å². The van der Waals surface area contributed by atoms with Crippen LogP contribution in [0.4, 0.5) is 0 Å². The lowest BCUT2D eigenvalue weighted by molar-refractivity contribution is -0.137. The number of hydrogen-bond acceptors (Lipinski definition) is 8. The number of aliphatic carboxylic acids is 1. The zero-order chi connectivity index (χ0) is 43.8. The number of halogens is 1. The fourth-order valence-electron chi connectivity index (χ4n) is 7.07. The summed E-state index contributed by atoms with van der Waals surface area (Å²) in [5.74, 6) is 0.0609. The van der Waals surface area contributed by atoms with E-state index in [0.717, 1.165) is 49.0 Å². The van der Waals surface area contributed by atoms with Crippen LogP contribution in [0.2, 0.25) is 5.02 Å². The third-order valence-electron chi connectivity index (χ3n) is 10.5. The summed E-state index contributed by atoms with van der Waals surface area (Å²) < 4.78 is 5.06. The number of hydrogen-bond donors (Lipinski definition) is 4. The molecule has 5 N–H and O–H groups in total. The Morgan fingerprint density at radius 2 is 1.52 bits per heavy atom. The highest BCUT2D eigenvalue weighted by atomic mass is 35.5. The first-order valence-corrected chi connectivity index (χ1v) is 22.0. The summed E-state index contributed by atoms with van der Waals surface area (Å²) in [4.78, 5) is 52.3. The average molecular weight is 863 g/mol. The molecule has 1 saturated carbocycles. The van der Waals surface area contributed by atoms with Crippen LogP contribution in [0.5, 0.6) is 5.75 Å². The van der Waals surface area contributed by atoms with Crippen molar-refractivity contribution in [3.63, 3.8) is 0 Å². The highest BCUT2D eigenvalue weighted by Gasteiger charge is 2.39. The third-order valence-corrected chi connectivity index (χ3v) is 11.8. The predicted molar refractivity (Wildman–Crippen MR) is 242 cm³/mol. The van der Waals surface area contributed by atoms with Crippen LogP contribution in [0.15, 0.2) is 96.4 Å². The Bertz CT molecular complexity index is 1870. The molecule has 4 aromatic rings. The van der Waals surface area contributed by atoms with Gasteiger partial charge in [-0.05, 0) is 125 Å². The number of carbonyl (C=O) groups is 4. The van der Waals surface area contributed by atoms with Crippen LogP contribution in [0.1, 0.15) is 92.7 Å². The fraction of sp³-hybridized carbons (Fsp3) is 0.447. The molecule has 1 heterocycles. The van der Waals surface area contributed by atoms with Crippen LogP contribution in [0.3, 0.4) is 0 Å². The summed E-state index contributed by atoms with van der Waals surface area (Å²) in [6, 6.07) is 29.8. The van der Waals surface area contributed by atoms with Gasteiger partial charge in [-0.1, -0.05) is 72.3 Å². The summed E-state index contributed by atoms with van der Waals surface area (Å²) in [6.07, 6.45) is 7.02. The maximum absolute atomic E-state index is 12.6. The number of nitrogens with zero attached hydrogens (tertiary/aromatic N) is 2. The van der Waals surface area contributed by atoms with Crippen molar-refractivity contribution in [2.24, 2.45) is 5.73 Å². The van der Waals surface area contributed by atoms with E-state index in [9.17, 15) is 19.2 Å². The van der Waals surface area contributed by atoms with Crippen molar-refractivity contribution in [2.45, 2.75) is 102 Å². The maximum atomic E-state index is 12.6. The Balaban J connectivity index is 0.000000284. The highest BCUT2D eigenvalue weighted by Crippen LogP contribution is 2.43. The molecule has 1 aromatic heterocycles. The zero-order valence-corrected chi connectivity index (χ0v) is 37.2. The van der Waals surface area contributed by atoms with Crippen molar-refractivity contribution >= 4 is 46.6 Å². The normalized spacial score (nSPS) is 15.7. The minimum absolute atomic E-state index is 0.0184. The van der Waals surface area contributed by atoms with E-state index in [1.807, 2.05) is 83.8 Å². The van der Waals surface area contributed by atoms with Gasteiger partial charge in [0.05, 0.1) is 12.6 Å². The van der Waals surface area contributed by atoms with Gasteiger partial charge in [-0.25, -0.2) is 0 Å². The van der Waals surface area contributed by atoms with Gasteiger partial charge >= 0.3 is 5.97 Å². The molecule has 0 bridgehead atoms. The van der Waals surface area contributed by atoms with Gasteiger partial charge in [0.1, 0.15) is 5.75 Å². The molecule has 0 spiro atoms.